The van der Waals surface area contributed by atoms with Crippen molar-refractivity contribution in [2.24, 2.45) is 10.9 Å². The number of carbonyl (C=O) groups excluding carboxylic acids is 1. The number of ether oxygens (including phenoxy) is 1. The maximum atomic E-state index is 12.1. The fraction of sp³-hybridized carbons (Fsp3) is 0.333. The first-order chi connectivity index (χ1) is 8.81. The first-order valence-electron chi connectivity index (χ1n) is 5.46. The summed E-state index contributed by atoms with van der Waals surface area (Å²) in [6, 6.07) is 4.94. The standard InChI is InChI=1S/C12H16BrN3O3/c1-12(2,11(14)16-18)15-10(17)7-4-5-9(19-3)8(13)6-7/h4-6,18H,1-3H3,(H2,14,16)(H,15,17). The lowest BCUT2D eigenvalue weighted by atomic mass is 10.0. The molecule has 0 saturated carbocycles. The summed E-state index contributed by atoms with van der Waals surface area (Å²) in [5, 5.41) is 14.2. The molecular weight excluding hydrogens is 314 g/mol. The van der Waals surface area contributed by atoms with Crippen molar-refractivity contribution in [1.29, 1.82) is 0 Å². The quantitative estimate of drug-likeness (QED) is 0.339. The van der Waals surface area contributed by atoms with Crippen LogP contribution in [0.4, 0.5) is 0 Å². The van der Waals surface area contributed by atoms with E-state index in [9.17, 15) is 4.79 Å². The van der Waals surface area contributed by atoms with Crippen molar-refractivity contribution >= 4 is 27.7 Å². The van der Waals surface area contributed by atoms with E-state index in [1.165, 1.54) is 0 Å². The summed E-state index contributed by atoms with van der Waals surface area (Å²) in [6.07, 6.45) is 0. The number of rotatable bonds is 4. The Morgan fingerprint density at radius 3 is 2.63 bits per heavy atom. The Morgan fingerprint density at radius 1 is 1.53 bits per heavy atom. The second-order valence-corrected chi connectivity index (χ2v) is 5.27. The molecule has 7 heteroatoms. The van der Waals surface area contributed by atoms with Crippen molar-refractivity contribution in [1.82, 2.24) is 5.32 Å². The highest BCUT2D eigenvalue weighted by Gasteiger charge is 2.26. The van der Waals surface area contributed by atoms with Crippen LogP contribution in [-0.2, 0) is 0 Å². The molecule has 0 unspecified atom stereocenters. The third-order valence-corrected chi connectivity index (χ3v) is 3.21. The van der Waals surface area contributed by atoms with Crippen LogP contribution in [0.15, 0.2) is 27.8 Å². The number of hydrogen-bond acceptors (Lipinski definition) is 4. The number of amides is 1. The molecular formula is C12H16BrN3O3. The van der Waals surface area contributed by atoms with Gasteiger partial charge in [-0.3, -0.25) is 4.79 Å². The number of benzene rings is 1. The smallest absolute Gasteiger partial charge is 0.252 e. The lowest BCUT2D eigenvalue weighted by molar-refractivity contribution is 0.0930. The number of nitrogens with one attached hydrogen (secondary N) is 1. The van der Waals surface area contributed by atoms with Crippen LogP contribution in [0.25, 0.3) is 0 Å². The van der Waals surface area contributed by atoms with Crippen LogP contribution >= 0.6 is 15.9 Å². The molecule has 1 aromatic carbocycles. The van der Waals surface area contributed by atoms with E-state index in [2.05, 4.69) is 26.4 Å². The van der Waals surface area contributed by atoms with Crippen molar-refractivity contribution in [3.63, 3.8) is 0 Å². The Bertz CT molecular complexity index is 515. The zero-order valence-electron chi connectivity index (χ0n) is 10.9. The van der Waals surface area contributed by atoms with Crippen LogP contribution in [0.1, 0.15) is 24.2 Å². The molecule has 19 heavy (non-hydrogen) atoms. The number of oxime groups is 1. The molecule has 104 valence electrons. The normalized spacial score (nSPS) is 12.1. The number of nitrogens with zero attached hydrogens (tertiary/aromatic N) is 1. The molecule has 1 aromatic rings. The molecule has 0 aromatic heterocycles. The predicted molar refractivity (Wildman–Crippen MR) is 75.6 cm³/mol. The van der Waals surface area contributed by atoms with Gasteiger partial charge in [-0.1, -0.05) is 5.16 Å². The van der Waals surface area contributed by atoms with E-state index in [0.29, 0.717) is 15.8 Å². The highest BCUT2D eigenvalue weighted by molar-refractivity contribution is 9.10. The average Bonchev–Trinajstić information content (AvgIpc) is 2.36. The summed E-state index contributed by atoms with van der Waals surface area (Å²) in [7, 11) is 1.54. The van der Waals surface area contributed by atoms with Gasteiger partial charge in [0.05, 0.1) is 17.1 Å². The molecule has 0 spiro atoms. The summed E-state index contributed by atoms with van der Waals surface area (Å²) in [5.74, 6) is 0.223. The maximum Gasteiger partial charge on any atom is 0.252 e. The second kappa shape index (κ2) is 5.92. The van der Waals surface area contributed by atoms with Crippen LogP contribution in [0.2, 0.25) is 0 Å². The summed E-state index contributed by atoms with van der Waals surface area (Å²) < 4.78 is 5.76. The second-order valence-electron chi connectivity index (χ2n) is 4.41. The largest absolute Gasteiger partial charge is 0.496 e. The van der Waals surface area contributed by atoms with Gasteiger partial charge in [0.1, 0.15) is 5.75 Å². The minimum Gasteiger partial charge on any atom is -0.496 e. The fourth-order valence-corrected chi connectivity index (χ4v) is 1.89. The predicted octanol–water partition coefficient (Wildman–Crippen LogP) is 1.71. The Labute approximate surface area is 119 Å². The maximum absolute atomic E-state index is 12.1. The number of methoxy groups -OCH3 is 1. The molecule has 4 N–H and O–H groups in total. The van der Waals surface area contributed by atoms with Crippen LogP contribution in [0.3, 0.4) is 0 Å². The monoisotopic (exact) mass is 329 g/mol. The van der Waals surface area contributed by atoms with E-state index >= 15 is 0 Å². The van der Waals surface area contributed by atoms with Crippen molar-refractivity contribution < 1.29 is 14.7 Å². The first-order valence-corrected chi connectivity index (χ1v) is 6.25. The van der Waals surface area contributed by atoms with Gasteiger partial charge in [-0.05, 0) is 48.0 Å². The van der Waals surface area contributed by atoms with Gasteiger partial charge in [0.2, 0.25) is 0 Å². The summed E-state index contributed by atoms with van der Waals surface area (Å²) in [6.45, 7) is 3.27. The summed E-state index contributed by atoms with van der Waals surface area (Å²) in [4.78, 5) is 12.1. The number of nitrogens with two attached hydrogens (primary N) is 1. The van der Waals surface area contributed by atoms with Gasteiger partial charge in [-0.2, -0.15) is 0 Å². The Hall–Kier alpha value is -1.76. The minimum absolute atomic E-state index is 0.0755. The molecule has 0 aliphatic heterocycles. The molecule has 1 amide bonds. The van der Waals surface area contributed by atoms with E-state index in [1.807, 2.05) is 0 Å². The highest BCUT2D eigenvalue weighted by Crippen LogP contribution is 2.25. The van der Waals surface area contributed by atoms with Crippen LogP contribution in [0, 0.1) is 0 Å². The fourth-order valence-electron chi connectivity index (χ4n) is 1.35. The van der Waals surface area contributed by atoms with Crippen LogP contribution in [0.5, 0.6) is 5.75 Å². The van der Waals surface area contributed by atoms with Gasteiger partial charge in [0.15, 0.2) is 5.84 Å². The number of carbonyl (C=O) groups is 1. The zero-order valence-corrected chi connectivity index (χ0v) is 12.5. The molecule has 0 atom stereocenters. The first kappa shape index (κ1) is 15.3. The molecule has 0 aliphatic carbocycles. The molecule has 6 nitrogen and oxygen atoms in total. The Balaban J connectivity index is 2.93. The SMILES string of the molecule is COc1ccc(C(=O)NC(C)(C)/C(N)=N/O)cc1Br. The van der Waals surface area contributed by atoms with Crippen LogP contribution in [-0.4, -0.2) is 29.6 Å². The average molecular weight is 330 g/mol. The van der Waals surface area contributed by atoms with Gasteiger partial charge in [0.25, 0.3) is 5.91 Å². The van der Waals surface area contributed by atoms with E-state index in [-0.39, 0.29) is 11.7 Å². The molecule has 0 fully saturated rings. The topological polar surface area (TPSA) is 96.9 Å². The Morgan fingerprint density at radius 2 is 2.16 bits per heavy atom. The van der Waals surface area contributed by atoms with E-state index in [1.54, 1.807) is 39.2 Å². The Kier molecular flexibility index (Phi) is 4.77. The third kappa shape index (κ3) is 3.60. The van der Waals surface area contributed by atoms with Gasteiger partial charge < -0.3 is 21.0 Å². The lowest BCUT2D eigenvalue weighted by Crippen LogP contribution is -2.53. The molecule has 0 radical (unpaired) electrons. The number of amidine groups is 1. The van der Waals surface area contributed by atoms with E-state index < -0.39 is 5.54 Å². The summed E-state index contributed by atoms with van der Waals surface area (Å²) in [5.41, 5.74) is 5.00. The van der Waals surface area contributed by atoms with Crippen molar-refractivity contribution in [3.8, 4) is 5.75 Å². The number of halogens is 1. The molecule has 0 heterocycles. The number of hydrogen-bond donors (Lipinski definition) is 3. The molecule has 1 rings (SSSR count). The lowest BCUT2D eigenvalue weighted by Gasteiger charge is -2.24. The van der Waals surface area contributed by atoms with Crippen molar-refractivity contribution in [3.05, 3.63) is 28.2 Å². The van der Waals surface area contributed by atoms with Gasteiger partial charge in [-0.25, -0.2) is 0 Å². The van der Waals surface area contributed by atoms with Crippen molar-refractivity contribution in [2.45, 2.75) is 19.4 Å². The van der Waals surface area contributed by atoms with E-state index in [4.69, 9.17) is 15.7 Å². The van der Waals surface area contributed by atoms with Crippen LogP contribution < -0.4 is 15.8 Å². The minimum atomic E-state index is -0.946. The summed E-state index contributed by atoms with van der Waals surface area (Å²) >= 11 is 3.30. The van der Waals surface area contributed by atoms with Gasteiger partial charge in [0, 0.05) is 5.56 Å². The van der Waals surface area contributed by atoms with Gasteiger partial charge >= 0.3 is 0 Å². The van der Waals surface area contributed by atoms with Gasteiger partial charge in [-0.15, -0.1) is 0 Å². The van der Waals surface area contributed by atoms with Crippen molar-refractivity contribution in [2.75, 3.05) is 7.11 Å². The van der Waals surface area contributed by atoms with E-state index in [0.717, 1.165) is 0 Å². The zero-order chi connectivity index (χ0) is 14.6. The molecule has 0 bridgehead atoms. The molecule has 0 saturated heterocycles. The highest BCUT2D eigenvalue weighted by atomic mass is 79.9. The molecule has 0 aliphatic rings. The third-order valence-electron chi connectivity index (χ3n) is 2.59.